The number of nitrogens with two attached hydrogens (primary N) is 1. The topological polar surface area (TPSA) is 29.3 Å². The summed E-state index contributed by atoms with van der Waals surface area (Å²) in [7, 11) is 0. The third-order valence-electron chi connectivity index (χ3n) is 4.23. The van der Waals surface area contributed by atoms with Crippen LogP contribution in [0.2, 0.25) is 0 Å². The Morgan fingerprint density at radius 2 is 2.06 bits per heavy atom. The lowest BCUT2D eigenvalue weighted by molar-refractivity contribution is 0.105. The molecule has 0 saturated carbocycles. The number of rotatable bonds is 5. The van der Waals surface area contributed by atoms with E-state index in [1.54, 1.807) is 0 Å². The van der Waals surface area contributed by atoms with Gasteiger partial charge < -0.3 is 5.73 Å². The number of nitrogens with zero attached hydrogens (tertiary/aromatic N) is 1. The highest BCUT2D eigenvalue weighted by molar-refractivity contribution is 5.14. The average Bonchev–Trinajstić information content (AvgIpc) is 2.40. The summed E-state index contributed by atoms with van der Waals surface area (Å²) in [5.41, 5.74) is 7.38. The Morgan fingerprint density at radius 3 is 2.78 bits per heavy atom. The Labute approximate surface area is 111 Å². The first kappa shape index (κ1) is 13.6. The van der Waals surface area contributed by atoms with Crippen molar-refractivity contribution in [2.45, 2.75) is 38.6 Å². The first-order chi connectivity index (χ1) is 8.81. The van der Waals surface area contributed by atoms with E-state index in [0.717, 1.165) is 12.5 Å². The van der Waals surface area contributed by atoms with E-state index in [9.17, 15) is 0 Å². The van der Waals surface area contributed by atoms with Crippen molar-refractivity contribution in [2.24, 2.45) is 11.7 Å². The molecule has 0 aliphatic carbocycles. The molecule has 0 amide bonds. The maximum absolute atomic E-state index is 5.93. The van der Waals surface area contributed by atoms with Gasteiger partial charge in [0.05, 0.1) is 0 Å². The van der Waals surface area contributed by atoms with E-state index in [4.69, 9.17) is 5.73 Å². The fourth-order valence-electron chi connectivity index (χ4n) is 3.12. The molecule has 2 nitrogen and oxygen atoms in total. The van der Waals surface area contributed by atoms with Crippen LogP contribution in [0, 0.1) is 5.92 Å². The third kappa shape index (κ3) is 3.56. The van der Waals surface area contributed by atoms with Gasteiger partial charge in [-0.1, -0.05) is 37.3 Å². The number of likely N-dealkylation sites (tertiary alicyclic amines) is 1. The smallest absolute Gasteiger partial charge is 0.0243 e. The number of hydrogen-bond donors (Lipinski definition) is 1. The van der Waals surface area contributed by atoms with Gasteiger partial charge in [-0.15, -0.1) is 0 Å². The second-order valence-corrected chi connectivity index (χ2v) is 5.55. The Hall–Kier alpha value is -0.860. The monoisotopic (exact) mass is 246 g/mol. The summed E-state index contributed by atoms with van der Waals surface area (Å²) in [4.78, 5) is 2.61. The van der Waals surface area contributed by atoms with E-state index in [2.05, 4.69) is 42.2 Å². The molecular weight excluding hydrogens is 220 g/mol. The van der Waals surface area contributed by atoms with Gasteiger partial charge in [0.2, 0.25) is 0 Å². The largest absolute Gasteiger partial charge is 0.329 e. The summed E-state index contributed by atoms with van der Waals surface area (Å²) in [6.45, 7) is 5.59. The number of aryl methyl sites for hydroxylation is 1. The SMILES string of the molecule is CC1CCCN(CCCc2ccccc2)C1CN. The van der Waals surface area contributed by atoms with Gasteiger partial charge in [-0.2, -0.15) is 0 Å². The number of hydrogen-bond acceptors (Lipinski definition) is 2. The van der Waals surface area contributed by atoms with Crippen LogP contribution in [0.1, 0.15) is 31.7 Å². The summed E-state index contributed by atoms with van der Waals surface area (Å²) in [6.07, 6.45) is 5.11. The van der Waals surface area contributed by atoms with Crippen molar-refractivity contribution in [1.82, 2.24) is 4.90 Å². The van der Waals surface area contributed by atoms with Gasteiger partial charge in [0.15, 0.2) is 0 Å². The molecule has 2 heteroatoms. The van der Waals surface area contributed by atoms with E-state index >= 15 is 0 Å². The first-order valence-corrected chi connectivity index (χ1v) is 7.29. The number of benzene rings is 1. The first-order valence-electron chi connectivity index (χ1n) is 7.29. The summed E-state index contributed by atoms with van der Waals surface area (Å²) in [5.74, 6) is 0.764. The average molecular weight is 246 g/mol. The van der Waals surface area contributed by atoms with E-state index in [0.29, 0.717) is 6.04 Å². The van der Waals surface area contributed by atoms with E-state index in [1.165, 1.54) is 44.3 Å². The quantitative estimate of drug-likeness (QED) is 0.865. The number of piperidine rings is 1. The lowest BCUT2D eigenvalue weighted by Gasteiger charge is -2.39. The maximum Gasteiger partial charge on any atom is 0.0243 e. The van der Waals surface area contributed by atoms with Crippen molar-refractivity contribution < 1.29 is 0 Å². The molecule has 2 atom stereocenters. The molecule has 1 saturated heterocycles. The standard InChI is InChI=1S/C16H26N2/c1-14-7-5-11-18(16(14)13-17)12-6-10-15-8-3-2-4-9-15/h2-4,8-9,14,16H,5-7,10-13,17H2,1H3. The van der Waals surface area contributed by atoms with E-state index in [-0.39, 0.29) is 0 Å². The molecule has 1 aromatic carbocycles. The van der Waals surface area contributed by atoms with Crippen molar-refractivity contribution in [1.29, 1.82) is 0 Å². The van der Waals surface area contributed by atoms with Crippen LogP contribution in [-0.4, -0.2) is 30.6 Å². The molecule has 1 heterocycles. The summed E-state index contributed by atoms with van der Waals surface area (Å²) >= 11 is 0. The lowest BCUT2D eigenvalue weighted by Crippen LogP contribution is -2.48. The van der Waals surface area contributed by atoms with Crippen molar-refractivity contribution in [3.05, 3.63) is 35.9 Å². The molecular formula is C16H26N2. The Bertz CT molecular complexity index is 336. The third-order valence-corrected chi connectivity index (χ3v) is 4.23. The van der Waals surface area contributed by atoms with Crippen LogP contribution in [0.4, 0.5) is 0 Å². The second kappa shape index (κ2) is 6.91. The van der Waals surface area contributed by atoms with Gasteiger partial charge >= 0.3 is 0 Å². The van der Waals surface area contributed by atoms with E-state index in [1.807, 2.05) is 0 Å². The van der Waals surface area contributed by atoms with Gasteiger partial charge in [-0.25, -0.2) is 0 Å². The summed E-state index contributed by atoms with van der Waals surface area (Å²) in [6, 6.07) is 11.4. The molecule has 0 aromatic heterocycles. The zero-order valence-electron chi connectivity index (χ0n) is 11.5. The zero-order chi connectivity index (χ0) is 12.8. The van der Waals surface area contributed by atoms with Crippen LogP contribution in [0.25, 0.3) is 0 Å². The highest BCUT2D eigenvalue weighted by atomic mass is 15.2. The molecule has 0 bridgehead atoms. The Morgan fingerprint density at radius 1 is 1.28 bits per heavy atom. The molecule has 1 fully saturated rings. The van der Waals surface area contributed by atoms with Crippen molar-refractivity contribution in [3.63, 3.8) is 0 Å². The van der Waals surface area contributed by atoms with Crippen molar-refractivity contribution >= 4 is 0 Å². The second-order valence-electron chi connectivity index (χ2n) is 5.55. The van der Waals surface area contributed by atoms with Gasteiger partial charge in [0, 0.05) is 12.6 Å². The van der Waals surface area contributed by atoms with Crippen LogP contribution in [0.3, 0.4) is 0 Å². The minimum absolute atomic E-state index is 0.606. The van der Waals surface area contributed by atoms with Crippen LogP contribution in [-0.2, 0) is 6.42 Å². The fourth-order valence-corrected chi connectivity index (χ4v) is 3.12. The van der Waals surface area contributed by atoms with Crippen LogP contribution >= 0.6 is 0 Å². The highest BCUT2D eigenvalue weighted by Gasteiger charge is 2.26. The van der Waals surface area contributed by atoms with Crippen molar-refractivity contribution in [2.75, 3.05) is 19.6 Å². The lowest BCUT2D eigenvalue weighted by atomic mass is 9.90. The van der Waals surface area contributed by atoms with Gasteiger partial charge in [0.1, 0.15) is 0 Å². The highest BCUT2D eigenvalue weighted by Crippen LogP contribution is 2.22. The molecule has 100 valence electrons. The molecule has 2 rings (SSSR count). The summed E-state index contributed by atoms with van der Waals surface area (Å²) in [5, 5.41) is 0. The molecule has 2 unspecified atom stereocenters. The molecule has 1 aromatic rings. The van der Waals surface area contributed by atoms with E-state index < -0.39 is 0 Å². The molecule has 1 aliphatic rings. The normalized spacial score (nSPS) is 25.2. The maximum atomic E-state index is 5.93. The Kier molecular flexibility index (Phi) is 5.21. The molecule has 0 radical (unpaired) electrons. The minimum atomic E-state index is 0.606. The van der Waals surface area contributed by atoms with Crippen LogP contribution < -0.4 is 5.73 Å². The fraction of sp³-hybridized carbons (Fsp3) is 0.625. The molecule has 0 spiro atoms. The summed E-state index contributed by atoms with van der Waals surface area (Å²) < 4.78 is 0. The van der Waals surface area contributed by atoms with Crippen molar-refractivity contribution in [3.8, 4) is 0 Å². The van der Waals surface area contributed by atoms with Gasteiger partial charge in [0.25, 0.3) is 0 Å². The van der Waals surface area contributed by atoms with Crippen LogP contribution in [0.15, 0.2) is 30.3 Å². The minimum Gasteiger partial charge on any atom is -0.329 e. The van der Waals surface area contributed by atoms with Gasteiger partial charge in [-0.05, 0) is 50.3 Å². The predicted molar refractivity (Wildman–Crippen MR) is 77.6 cm³/mol. The molecule has 2 N–H and O–H groups in total. The zero-order valence-corrected chi connectivity index (χ0v) is 11.5. The van der Waals surface area contributed by atoms with Gasteiger partial charge in [-0.3, -0.25) is 4.90 Å². The predicted octanol–water partition coefficient (Wildman–Crippen LogP) is 2.68. The molecule has 18 heavy (non-hydrogen) atoms. The molecule has 1 aliphatic heterocycles. The van der Waals surface area contributed by atoms with Crippen LogP contribution in [0.5, 0.6) is 0 Å². The Balaban J connectivity index is 1.78.